The number of hydrogen-bond donors (Lipinski definition) is 5. The molecular weight excluding hydrogens is 1870 g/mol. The van der Waals surface area contributed by atoms with Crippen molar-refractivity contribution in [2.45, 2.75) is 220 Å². The fourth-order valence-corrected chi connectivity index (χ4v) is 17.8. The minimum Gasteiger partial charge on any atom is -0.428 e. The van der Waals surface area contributed by atoms with Crippen molar-refractivity contribution in [3.63, 3.8) is 0 Å². The summed E-state index contributed by atoms with van der Waals surface area (Å²) >= 11 is 32.9. The number of nitrogens with two attached hydrogens (primary N) is 2. The molecule has 7 N–H and O–H groups in total. The van der Waals surface area contributed by atoms with Crippen LogP contribution in [0, 0.1) is 68.6 Å². The summed E-state index contributed by atoms with van der Waals surface area (Å²) < 4.78 is 17.8. The number of oxazole rings is 2. The lowest BCUT2D eigenvalue weighted by molar-refractivity contribution is -0.107. The van der Waals surface area contributed by atoms with Crippen LogP contribution in [0.15, 0.2) is 187 Å². The lowest BCUT2D eigenvalue weighted by Crippen LogP contribution is -2.36. The van der Waals surface area contributed by atoms with E-state index >= 15 is 0 Å². The van der Waals surface area contributed by atoms with Crippen LogP contribution >= 0.6 is 80.7 Å². The Morgan fingerprint density at radius 3 is 1.32 bits per heavy atom. The van der Waals surface area contributed by atoms with Crippen LogP contribution in [0.1, 0.15) is 219 Å². The normalized spacial score (nSPS) is 10.8. The van der Waals surface area contributed by atoms with Crippen LogP contribution in [-0.2, 0) is 36.9 Å². The number of anilines is 3. The first kappa shape index (κ1) is 115. The summed E-state index contributed by atoms with van der Waals surface area (Å²) in [6.45, 7) is 41.2. The van der Waals surface area contributed by atoms with Gasteiger partial charge in [0.05, 0.1) is 55.3 Å². The number of rotatable bonds is 36. The first-order valence-corrected chi connectivity index (χ1v) is 50.5. The molecule has 0 radical (unpaired) electrons. The van der Waals surface area contributed by atoms with Gasteiger partial charge in [-0.25, -0.2) is 14.8 Å². The Labute approximate surface area is 848 Å². The zero-order valence-electron chi connectivity index (χ0n) is 81.7. The quantitative estimate of drug-likeness (QED) is 0.00608. The fraction of sp³-hybridized carbons (Fsp3) is 0.398. The Bertz CT molecular complexity index is 6290. The summed E-state index contributed by atoms with van der Waals surface area (Å²) in [6, 6.07) is 61.1. The van der Waals surface area contributed by atoms with E-state index in [1.54, 1.807) is 46.9 Å². The number of benzene rings is 9. The number of thiazole rings is 2. The number of halogens is 5. The average Bonchev–Trinajstić information content (AvgIpc) is 1.67. The number of carbonyl (C=O) groups is 1. The molecule has 138 heavy (non-hydrogen) atoms. The maximum atomic E-state index is 11.2. The SMILES string of the molecule is C.CCCC=O.CCCCN(CCc1ccc(-c2noc(=O)[nH]2)c(C)c1)c1nc2ccc(Cl)cc2o1.CCCCN(CCc1ccc(C#N)c(C)c1)c1nc2ccc(Cl)cc2s1.CCCCN(CCc1ccc(C(N)=NO)c(C)c1)c1nc2ccc(Cl)cc2s1.CCCCNCCc1ccc(C#N)c(C)c1.CCN(C(C)C)C(C)C.Cc1cc(CCN)ccc1C#N.Clc1ccc2nc(Cl)oc2c1. The number of hydrogen-bond acceptors (Lipinski definition) is 23. The molecule has 0 aliphatic rings. The van der Waals surface area contributed by atoms with Crippen molar-refractivity contribution in [3.05, 3.63) is 278 Å². The van der Waals surface area contributed by atoms with Gasteiger partial charge in [-0.3, -0.25) is 14.4 Å². The molecule has 23 nitrogen and oxygen atoms in total. The molecule has 0 saturated carbocycles. The molecule has 0 bridgehead atoms. The third-order valence-electron chi connectivity index (χ3n) is 22.2. The number of nitrogens with zero attached hydrogens (tertiary/aromatic N) is 13. The standard InChI is InChI=1S/C22H23ClN4O3.C21H25ClN4OS.C21H22ClN3S.C14H20N2.C10H12N2.C8H19N.C7H3Cl2NO.C4H8O.CH4/c1-3-4-10-27(21-24-18-8-6-16(23)13-19(18)29-21)11-9-15-5-7-17(14(2)12-15)20-25-22(28)30-26-20;1-3-4-10-26(21-24-18-8-6-16(22)13-19(18)28-21)11-9-15-5-7-17(14(2)12-15)20(23)25-27;1-3-4-10-25(11-9-16-5-6-17(14-23)15(2)12-16)21-24-19-8-7-18(22)13-20(19)26-21;1-3-4-8-16-9-7-13-5-6-14(11-15)12(2)10-13;1-8-6-9(4-5-11)2-3-10(8)7-12;1-6-9(7(2)3)8(4)5;8-4-1-2-5-6(3-4)11-7(9)10-5;1-2-3-4-5;/h5-8,12-13H,3-4,9-11H2,1-2H3,(H,25,26,28);5-8,12-13,27H,3-4,9-11H2,1-2H3,(H2,23,25);5-8,12-13H,3-4,9-11H2,1-2H3;5-6,10,16H,3-4,7-9H2,1-2H3;2-3,6H,4-5,11H2,1H3;7-8H,6H2,1-5H3;1-3H;4H,2-3H2,1H3;1H4. The van der Waals surface area contributed by atoms with Crippen molar-refractivity contribution < 1.29 is 23.4 Å². The highest BCUT2D eigenvalue weighted by Crippen LogP contribution is 2.35. The Hall–Kier alpha value is -11.2. The molecule has 0 aliphatic carbocycles. The second-order valence-corrected chi connectivity index (χ2v) is 37.6. The third-order valence-corrected chi connectivity index (χ3v) is 25.5. The van der Waals surface area contributed by atoms with E-state index in [9.17, 15) is 9.59 Å². The molecule has 736 valence electrons. The van der Waals surface area contributed by atoms with Gasteiger partial charge < -0.3 is 50.3 Å². The zero-order valence-corrected chi connectivity index (χ0v) is 87.1. The lowest BCUT2D eigenvalue weighted by atomic mass is 10.0. The summed E-state index contributed by atoms with van der Waals surface area (Å²) in [5.74, 6) is 0.0279. The van der Waals surface area contributed by atoms with Gasteiger partial charge in [0.25, 0.3) is 11.4 Å². The molecule has 5 aromatic heterocycles. The van der Waals surface area contributed by atoms with Crippen molar-refractivity contribution in [2.75, 3.05) is 80.1 Å². The van der Waals surface area contributed by atoms with E-state index in [2.05, 4.69) is 166 Å². The van der Waals surface area contributed by atoms with Gasteiger partial charge in [-0.05, 0) is 299 Å². The molecule has 0 aliphatic heterocycles. The van der Waals surface area contributed by atoms with Crippen molar-refractivity contribution in [1.82, 2.24) is 40.3 Å². The second-order valence-electron chi connectivity index (χ2n) is 33.6. The van der Waals surface area contributed by atoms with Gasteiger partial charge in [-0.2, -0.15) is 25.8 Å². The zero-order chi connectivity index (χ0) is 99.9. The van der Waals surface area contributed by atoms with Crippen LogP contribution in [0.3, 0.4) is 0 Å². The van der Waals surface area contributed by atoms with E-state index in [-0.39, 0.29) is 18.6 Å². The number of aldehydes is 1. The van der Waals surface area contributed by atoms with Gasteiger partial charge in [0.1, 0.15) is 17.3 Å². The molecular formula is C108H136Cl5N17O6S2. The molecule has 0 saturated heterocycles. The lowest BCUT2D eigenvalue weighted by Gasteiger charge is -2.28. The number of aromatic amines is 1. The van der Waals surface area contributed by atoms with E-state index in [4.69, 9.17) is 109 Å². The van der Waals surface area contributed by atoms with E-state index in [0.717, 1.165) is 250 Å². The van der Waals surface area contributed by atoms with Crippen molar-refractivity contribution >= 4 is 152 Å². The molecule has 9 aromatic carbocycles. The Balaban J connectivity index is 0.000000254. The number of amidine groups is 1. The first-order valence-electron chi connectivity index (χ1n) is 46.9. The average molecular weight is 2010 g/mol. The first-order chi connectivity index (χ1) is 66.0. The van der Waals surface area contributed by atoms with Crippen molar-refractivity contribution in [2.24, 2.45) is 16.6 Å². The van der Waals surface area contributed by atoms with Gasteiger partial charge in [0, 0.05) is 101 Å². The molecule has 14 rings (SSSR count). The summed E-state index contributed by atoms with van der Waals surface area (Å²) in [5.41, 5.74) is 31.2. The molecule has 14 aromatic rings. The van der Waals surface area contributed by atoms with Crippen LogP contribution in [0.2, 0.25) is 25.4 Å². The van der Waals surface area contributed by atoms with E-state index < -0.39 is 5.76 Å². The Kier molecular flexibility index (Phi) is 51.9. The summed E-state index contributed by atoms with van der Waals surface area (Å²) in [7, 11) is 0. The predicted octanol–water partition coefficient (Wildman–Crippen LogP) is 27.2. The minimum atomic E-state index is -0.556. The monoisotopic (exact) mass is 2010 g/mol. The molecule has 5 heterocycles. The second kappa shape index (κ2) is 62.0. The number of carbonyl (C=O) groups excluding carboxylic acids is 1. The number of aromatic nitrogens is 6. The molecule has 0 atom stereocenters. The van der Waals surface area contributed by atoms with Gasteiger partial charge >= 0.3 is 5.76 Å². The summed E-state index contributed by atoms with van der Waals surface area (Å²) in [4.78, 5) is 50.7. The van der Waals surface area contributed by atoms with Gasteiger partial charge in [-0.1, -0.05) is 227 Å². The minimum absolute atomic E-state index is 0. The van der Waals surface area contributed by atoms with Gasteiger partial charge in [0.15, 0.2) is 33.1 Å². The van der Waals surface area contributed by atoms with E-state index in [1.807, 2.05) is 151 Å². The molecule has 0 spiro atoms. The van der Waals surface area contributed by atoms with E-state index in [0.29, 0.717) is 58.1 Å². The predicted molar refractivity (Wildman–Crippen MR) is 578 cm³/mol. The maximum absolute atomic E-state index is 11.2. The summed E-state index contributed by atoms with van der Waals surface area (Å²) in [5, 5.41) is 50.7. The van der Waals surface area contributed by atoms with Crippen LogP contribution in [-0.4, -0.2) is 130 Å². The number of nitrogens with one attached hydrogen (secondary N) is 2. The van der Waals surface area contributed by atoms with Crippen molar-refractivity contribution in [1.29, 1.82) is 15.8 Å². The number of oxime groups is 1. The fourth-order valence-electron chi connectivity index (χ4n) is 14.7. The molecule has 0 amide bonds. The Morgan fingerprint density at radius 2 is 0.920 bits per heavy atom. The highest BCUT2D eigenvalue weighted by molar-refractivity contribution is 7.22. The largest absolute Gasteiger partial charge is 0.439 e. The Morgan fingerprint density at radius 1 is 0.500 bits per heavy atom. The number of nitriles is 3. The highest BCUT2D eigenvalue weighted by atomic mass is 35.5. The highest BCUT2D eigenvalue weighted by Gasteiger charge is 2.20. The summed E-state index contributed by atoms with van der Waals surface area (Å²) in [6.07, 6.45) is 16.4. The number of fused-ring (bicyclic) bond motifs is 4. The topological polar surface area (TPSA) is 335 Å². The van der Waals surface area contributed by atoms with E-state index in [1.165, 1.54) is 40.7 Å². The number of aryl methyl sites for hydroxylation is 5. The molecule has 0 unspecified atom stereocenters. The van der Waals surface area contributed by atoms with Crippen molar-refractivity contribution in [3.8, 4) is 29.6 Å². The molecule has 0 fully saturated rings. The smallest absolute Gasteiger partial charge is 0.428 e. The maximum Gasteiger partial charge on any atom is 0.439 e. The number of H-pyrrole nitrogens is 1. The van der Waals surface area contributed by atoms with Gasteiger partial charge in [-0.15, -0.1) is 0 Å². The van der Waals surface area contributed by atoms with Crippen LogP contribution < -0.4 is 37.2 Å². The number of unbranched alkanes of at least 4 members (excludes halogenated alkanes) is 5. The van der Waals surface area contributed by atoms with Gasteiger partial charge in [0.2, 0.25) is 0 Å². The third kappa shape index (κ3) is 38.2. The molecule has 30 heteroatoms. The van der Waals surface area contributed by atoms with Crippen LogP contribution in [0.5, 0.6) is 0 Å². The van der Waals surface area contributed by atoms with Crippen LogP contribution in [0.4, 0.5) is 16.3 Å². The van der Waals surface area contributed by atoms with Crippen LogP contribution in [0.25, 0.3) is 54.0 Å².